The molecule has 170 valence electrons. The van der Waals surface area contributed by atoms with Gasteiger partial charge in [-0.3, -0.25) is 0 Å². The van der Waals surface area contributed by atoms with Crippen LogP contribution in [0.25, 0.3) is 0 Å². The maximum absolute atomic E-state index is 4.23. The molecule has 0 saturated heterocycles. The van der Waals surface area contributed by atoms with Crippen molar-refractivity contribution in [2.24, 2.45) is 35.0 Å². The van der Waals surface area contributed by atoms with E-state index < -0.39 is 0 Å². The molecule has 2 nitrogen and oxygen atoms in total. The molecule has 0 heterocycles. The van der Waals surface area contributed by atoms with Crippen LogP contribution >= 0.6 is 0 Å². The summed E-state index contributed by atoms with van der Waals surface area (Å²) < 4.78 is 0. The number of hydrogen-bond donors (Lipinski definition) is 2. The minimum absolute atomic E-state index is 0.581. The van der Waals surface area contributed by atoms with Gasteiger partial charge < -0.3 is 10.6 Å². The number of rotatable bonds is 13. The Morgan fingerprint density at radius 2 is 1.79 bits per heavy atom. The summed E-state index contributed by atoms with van der Waals surface area (Å²) in [7, 11) is 0. The molecule has 0 aromatic rings. The Hall–Kier alpha value is -0.660. The lowest BCUT2D eigenvalue weighted by Gasteiger charge is -2.55. The highest BCUT2D eigenvalue weighted by Crippen LogP contribution is 2.52. The lowest BCUT2D eigenvalue weighted by atomic mass is 9.54. The molecule has 2 rings (SSSR count). The van der Waals surface area contributed by atoms with Gasteiger partial charge in [-0.25, -0.2) is 0 Å². The van der Waals surface area contributed by atoms with Gasteiger partial charge in [-0.2, -0.15) is 0 Å². The van der Waals surface area contributed by atoms with E-state index in [4.69, 9.17) is 0 Å². The molecular weight excluding hydrogens is 352 g/mol. The zero-order chi connectivity index (χ0) is 21.4. The quantitative estimate of drug-likeness (QED) is 0.310. The van der Waals surface area contributed by atoms with Gasteiger partial charge in [-0.1, -0.05) is 86.6 Å². The van der Waals surface area contributed by atoms with Gasteiger partial charge >= 0.3 is 0 Å². The topological polar surface area (TPSA) is 24.1 Å². The molecule has 2 aliphatic rings. The highest BCUT2D eigenvalue weighted by Gasteiger charge is 2.49. The van der Waals surface area contributed by atoms with E-state index >= 15 is 0 Å². The smallest absolute Gasteiger partial charge is 0.0914 e. The predicted molar refractivity (Wildman–Crippen MR) is 129 cm³/mol. The van der Waals surface area contributed by atoms with Gasteiger partial charge in [0.05, 0.1) is 5.82 Å². The van der Waals surface area contributed by atoms with Crippen LogP contribution in [0.15, 0.2) is 12.4 Å². The first kappa shape index (κ1) is 24.6. The molecule has 2 N–H and O–H groups in total. The van der Waals surface area contributed by atoms with Gasteiger partial charge in [-0.05, 0) is 67.1 Å². The third kappa shape index (κ3) is 6.41. The molecule has 2 heteroatoms. The van der Waals surface area contributed by atoms with Crippen LogP contribution in [0.3, 0.4) is 0 Å². The van der Waals surface area contributed by atoms with Crippen molar-refractivity contribution in [1.29, 1.82) is 0 Å². The molecule has 29 heavy (non-hydrogen) atoms. The maximum Gasteiger partial charge on any atom is 0.0914 e. The summed E-state index contributed by atoms with van der Waals surface area (Å²) >= 11 is 0. The molecule has 2 saturated carbocycles. The van der Waals surface area contributed by atoms with Crippen LogP contribution in [0.5, 0.6) is 0 Å². The Kier molecular flexibility index (Phi) is 9.89. The van der Waals surface area contributed by atoms with E-state index in [1.807, 2.05) is 0 Å². The summed E-state index contributed by atoms with van der Waals surface area (Å²) in [6, 6.07) is 0.615. The van der Waals surface area contributed by atoms with Gasteiger partial charge in [0, 0.05) is 12.6 Å². The average Bonchev–Trinajstić information content (AvgIpc) is 2.71. The molecular formula is C27H52N2. The summed E-state index contributed by atoms with van der Waals surface area (Å²) in [5.74, 6) is 5.62. The van der Waals surface area contributed by atoms with Crippen molar-refractivity contribution in [1.82, 2.24) is 10.6 Å². The summed E-state index contributed by atoms with van der Waals surface area (Å²) in [6.07, 6.45) is 15.1. The van der Waals surface area contributed by atoms with E-state index in [-0.39, 0.29) is 0 Å². The van der Waals surface area contributed by atoms with E-state index in [9.17, 15) is 0 Å². The molecule has 7 atom stereocenters. The van der Waals surface area contributed by atoms with Crippen LogP contribution in [-0.2, 0) is 0 Å². The average molecular weight is 405 g/mol. The highest BCUT2D eigenvalue weighted by atomic mass is 15.1. The standard InChI is InChI=1S/C27H52N2/c1-8-15-27(10-3)19-26(22(27)6)29-23(7)28-16-13-11-12-14-24-17-20(4)21(5)25(9-2)18-24/h20-22,24-26,28-29H,7-19H2,1-6H3. The van der Waals surface area contributed by atoms with Crippen molar-refractivity contribution in [2.45, 2.75) is 118 Å². The molecule has 0 aliphatic heterocycles. The molecule has 0 bridgehead atoms. The van der Waals surface area contributed by atoms with Gasteiger partial charge in [0.1, 0.15) is 0 Å². The van der Waals surface area contributed by atoms with E-state index in [1.165, 1.54) is 70.6 Å². The largest absolute Gasteiger partial charge is 0.372 e. The SMILES string of the molecule is C=C(NCCCCCC1CC(C)C(C)C(CC)C1)NC1CC(CC)(CCC)C1C. The Labute approximate surface area is 183 Å². The minimum atomic E-state index is 0.581. The minimum Gasteiger partial charge on any atom is -0.372 e. The summed E-state index contributed by atoms with van der Waals surface area (Å²) in [4.78, 5) is 0. The van der Waals surface area contributed by atoms with Crippen LogP contribution in [0.2, 0.25) is 0 Å². The van der Waals surface area contributed by atoms with Crippen LogP contribution in [0.1, 0.15) is 112 Å². The molecule has 0 amide bonds. The van der Waals surface area contributed by atoms with Crippen LogP contribution in [0.4, 0.5) is 0 Å². The van der Waals surface area contributed by atoms with Crippen molar-refractivity contribution in [3.63, 3.8) is 0 Å². The summed E-state index contributed by atoms with van der Waals surface area (Å²) in [6.45, 7) is 19.8. The highest BCUT2D eigenvalue weighted by molar-refractivity contribution is 5.06. The van der Waals surface area contributed by atoms with Crippen LogP contribution in [0, 0.1) is 35.0 Å². The summed E-state index contributed by atoms with van der Waals surface area (Å²) in [5, 5.41) is 7.21. The molecule has 7 unspecified atom stereocenters. The van der Waals surface area contributed by atoms with Crippen LogP contribution in [-0.4, -0.2) is 12.6 Å². The molecule has 0 spiro atoms. The number of nitrogens with one attached hydrogen (secondary N) is 2. The first-order chi connectivity index (χ1) is 13.9. The second-order valence-electron chi connectivity index (χ2n) is 10.8. The Balaban J connectivity index is 1.54. The molecule has 0 radical (unpaired) electrons. The first-order valence-electron chi connectivity index (χ1n) is 13.1. The number of unbranched alkanes of at least 4 members (excludes halogenated alkanes) is 2. The Bertz CT molecular complexity index is 487. The second-order valence-corrected chi connectivity index (χ2v) is 10.8. The van der Waals surface area contributed by atoms with E-state index in [1.54, 1.807) is 0 Å². The fraction of sp³-hybridized carbons (Fsp3) is 0.926. The van der Waals surface area contributed by atoms with E-state index in [0.29, 0.717) is 11.5 Å². The first-order valence-corrected chi connectivity index (χ1v) is 13.1. The Morgan fingerprint density at radius 1 is 1.03 bits per heavy atom. The van der Waals surface area contributed by atoms with Crippen molar-refractivity contribution < 1.29 is 0 Å². The second kappa shape index (κ2) is 11.7. The maximum atomic E-state index is 4.23. The zero-order valence-electron chi connectivity index (χ0n) is 20.7. The zero-order valence-corrected chi connectivity index (χ0v) is 20.7. The van der Waals surface area contributed by atoms with Gasteiger partial charge in [0.2, 0.25) is 0 Å². The van der Waals surface area contributed by atoms with Gasteiger partial charge in [0.25, 0.3) is 0 Å². The lowest BCUT2D eigenvalue weighted by Crippen LogP contribution is -2.57. The summed E-state index contributed by atoms with van der Waals surface area (Å²) in [5.41, 5.74) is 0.581. The third-order valence-corrected chi connectivity index (χ3v) is 9.14. The van der Waals surface area contributed by atoms with Crippen LogP contribution < -0.4 is 10.6 Å². The number of hydrogen-bond acceptors (Lipinski definition) is 2. The predicted octanol–water partition coefficient (Wildman–Crippen LogP) is 7.51. The van der Waals surface area contributed by atoms with E-state index in [2.05, 4.69) is 58.8 Å². The van der Waals surface area contributed by atoms with Crippen molar-refractivity contribution >= 4 is 0 Å². The molecule has 0 aromatic heterocycles. The molecule has 2 aliphatic carbocycles. The van der Waals surface area contributed by atoms with E-state index in [0.717, 1.165) is 42.0 Å². The van der Waals surface area contributed by atoms with Gasteiger partial charge in [0.15, 0.2) is 0 Å². The normalized spacial score (nSPS) is 37.0. The van der Waals surface area contributed by atoms with Crippen molar-refractivity contribution in [3.8, 4) is 0 Å². The Morgan fingerprint density at radius 3 is 2.41 bits per heavy atom. The molecule has 0 aromatic carbocycles. The lowest BCUT2D eigenvalue weighted by molar-refractivity contribution is -0.0110. The molecule has 2 fully saturated rings. The van der Waals surface area contributed by atoms with Crippen molar-refractivity contribution in [3.05, 3.63) is 12.4 Å². The monoisotopic (exact) mass is 404 g/mol. The fourth-order valence-corrected chi connectivity index (χ4v) is 6.68. The third-order valence-electron chi connectivity index (χ3n) is 9.14. The fourth-order valence-electron chi connectivity index (χ4n) is 6.68. The van der Waals surface area contributed by atoms with Crippen molar-refractivity contribution in [2.75, 3.05) is 6.54 Å². The van der Waals surface area contributed by atoms with Gasteiger partial charge in [-0.15, -0.1) is 0 Å².